The van der Waals surface area contributed by atoms with Crippen LogP contribution in [0.4, 0.5) is 5.82 Å². The van der Waals surface area contributed by atoms with Gasteiger partial charge in [-0.1, -0.05) is 13.0 Å². The number of imidazole rings is 1. The average molecular weight is 425 g/mol. The summed E-state index contributed by atoms with van der Waals surface area (Å²) in [4.78, 5) is 16.2. The molecule has 3 aromatic rings. The fourth-order valence-electron chi connectivity index (χ4n) is 4.41. The van der Waals surface area contributed by atoms with Gasteiger partial charge in [-0.25, -0.2) is 19.3 Å². The Hall–Kier alpha value is -2.48. The number of hydrogen-bond donors (Lipinski definition) is 0. The predicted molar refractivity (Wildman–Crippen MR) is 120 cm³/mol. The van der Waals surface area contributed by atoms with Gasteiger partial charge in [0.05, 0.1) is 12.2 Å². The topological polar surface area (TPSA) is 75.8 Å². The Morgan fingerprint density at radius 2 is 1.97 bits per heavy atom. The Labute approximate surface area is 177 Å². The van der Waals surface area contributed by atoms with Crippen LogP contribution in [-0.4, -0.2) is 55.2 Å². The molecule has 2 aliphatic rings. The van der Waals surface area contributed by atoms with Crippen molar-refractivity contribution in [1.82, 2.24) is 19.4 Å². The van der Waals surface area contributed by atoms with Crippen LogP contribution in [0.2, 0.25) is 0 Å². The maximum absolute atomic E-state index is 12.2. The van der Waals surface area contributed by atoms with Gasteiger partial charge in [0.25, 0.3) is 0 Å². The molecule has 0 N–H and O–H groups in total. The predicted octanol–water partition coefficient (Wildman–Crippen LogP) is 3.61. The number of aromatic nitrogens is 4. The largest absolute Gasteiger partial charge is 0.354 e. The van der Waals surface area contributed by atoms with Crippen LogP contribution in [0.5, 0.6) is 0 Å². The average Bonchev–Trinajstić information content (AvgIpc) is 3.45. The van der Waals surface area contributed by atoms with Crippen LogP contribution in [0.1, 0.15) is 37.7 Å². The van der Waals surface area contributed by atoms with Gasteiger partial charge in [0, 0.05) is 47.7 Å². The highest BCUT2D eigenvalue weighted by atomic mass is 32.2. The molecule has 7 nitrogen and oxygen atoms in total. The molecule has 3 aromatic heterocycles. The van der Waals surface area contributed by atoms with E-state index in [1.54, 1.807) is 12.5 Å². The van der Waals surface area contributed by atoms with Crippen LogP contribution in [0.3, 0.4) is 0 Å². The van der Waals surface area contributed by atoms with Gasteiger partial charge in [0.1, 0.15) is 17.2 Å². The summed E-state index contributed by atoms with van der Waals surface area (Å²) in [6, 6.07) is 6.27. The Kier molecular flexibility index (Phi) is 4.76. The van der Waals surface area contributed by atoms with E-state index in [0.717, 1.165) is 36.7 Å². The van der Waals surface area contributed by atoms with Crippen molar-refractivity contribution in [1.29, 1.82) is 0 Å². The zero-order chi connectivity index (χ0) is 20.9. The Balaban J connectivity index is 1.48. The van der Waals surface area contributed by atoms with Crippen LogP contribution in [0.25, 0.3) is 17.2 Å². The summed E-state index contributed by atoms with van der Waals surface area (Å²) in [5.41, 5.74) is 3.18. The van der Waals surface area contributed by atoms with Gasteiger partial charge in [0.2, 0.25) is 0 Å². The molecule has 30 heavy (non-hydrogen) atoms. The van der Waals surface area contributed by atoms with Crippen LogP contribution < -0.4 is 4.90 Å². The highest BCUT2D eigenvalue weighted by molar-refractivity contribution is 7.92. The first kappa shape index (κ1) is 19.5. The zero-order valence-corrected chi connectivity index (χ0v) is 18.5. The third-order valence-electron chi connectivity index (χ3n) is 5.81. The van der Waals surface area contributed by atoms with Crippen molar-refractivity contribution in [3.8, 4) is 11.5 Å². The van der Waals surface area contributed by atoms with Gasteiger partial charge >= 0.3 is 0 Å². The molecular weight excluding hydrogens is 396 g/mol. The van der Waals surface area contributed by atoms with E-state index in [2.05, 4.69) is 48.9 Å². The number of hydrogen-bond acceptors (Lipinski definition) is 6. The fourth-order valence-corrected chi connectivity index (χ4v) is 5.28. The second kappa shape index (κ2) is 7.34. The van der Waals surface area contributed by atoms with Gasteiger partial charge in [-0.15, -0.1) is 0 Å². The molecule has 2 atom stereocenters. The van der Waals surface area contributed by atoms with Crippen molar-refractivity contribution >= 4 is 21.2 Å². The first-order valence-corrected chi connectivity index (χ1v) is 12.9. The van der Waals surface area contributed by atoms with Crippen molar-refractivity contribution in [2.45, 2.75) is 38.1 Å². The number of pyridine rings is 1. The molecular formula is C22H28N6OS. The molecule has 0 radical (unpaired) electrons. The summed E-state index contributed by atoms with van der Waals surface area (Å²) in [5, 5.41) is 0. The van der Waals surface area contributed by atoms with Gasteiger partial charge in [-0.2, -0.15) is 0 Å². The van der Waals surface area contributed by atoms with Crippen molar-refractivity contribution in [2.24, 2.45) is 10.3 Å². The fraction of sp³-hybridized carbons (Fsp3) is 0.500. The molecule has 4 heterocycles. The van der Waals surface area contributed by atoms with Crippen molar-refractivity contribution in [2.75, 3.05) is 30.5 Å². The second-order valence-corrected chi connectivity index (χ2v) is 11.6. The highest BCUT2D eigenvalue weighted by Crippen LogP contribution is 2.40. The van der Waals surface area contributed by atoms with E-state index in [9.17, 15) is 4.21 Å². The first-order chi connectivity index (χ1) is 14.4. The van der Waals surface area contributed by atoms with Gasteiger partial charge in [-0.05, 0) is 48.8 Å². The summed E-state index contributed by atoms with van der Waals surface area (Å²) in [6.07, 6.45) is 12.8. The Morgan fingerprint density at radius 1 is 1.13 bits per heavy atom. The second-order valence-electron chi connectivity index (χ2n) is 9.03. The number of nitrogens with zero attached hydrogens (tertiary/aromatic N) is 6. The van der Waals surface area contributed by atoms with E-state index in [0.29, 0.717) is 17.7 Å². The molecule has 8 heteroatoms. The minimum Gasteiger partial charge on any atom is -0.354 e. The van der Waals surface area contributed by atoms with E-state index < -0.39 is 9.73 Å². The molecule has 0 bridgehead atoms. The summed E-state index contributed by atoms with van der Waals surface area (Å²) in [6.45, 7) is 3.86. The van der Waals surface area contributed by atoms with E-state index in [-0.39, 0.29) is 6.04 Å². The summed E-state index contributed by atoms with van der Waals surface area (Å²) in [5.74, 6) is 2.71. The molecule has 1 saturated heterocycles. The maximum atomic E-state index is 12.2. The van der Waals surface area contributed by atoms with Gasteiger partial charge < -0.3 is 4.90 Å². The summed E-state index contributed by atoms with van der Waals surface area (Å²) in [7, 11) is -2.12. The normalized spacial score (nSPS) is 22.4. The van der Waals surface area contributed by atoms with Gasteiger partial charge in [-0.3, -0.25) is 8.61 Å². The SMILES string of the molecule is C[C@@H]1C[C@H](N=S(C)(C)=O)CN(c2ccnc(-c3cnc4ccc(C5CC5)cn34)n2)C1. The van der Waals surface area contributed by atoms with Crippen molar-refractivity contribution < 1.29 is 4.21 Å². The van der Waals surface area contributed by atoms with Crippen molar-refractivity contribution in [3.63, 3.8) is 0 Å². The molecule has 0 amide bonds. The molecule has 5 rings (SSSR count). The smallest absolute Gasteiger partial charge is 0.180 e. The minimum absolute atomic E-state index is 0.0616. The van der Waals surface area contributed by atoms with Crippen LogP contribution in [0, 0.1) is 5.92 Å². The summed E-state index contributed by atoms with van der Waals surface area (Å²) >= 11 is 0. The molecule has 158 valence electrons. The first-order valence-electron chi connectivity index (χ1n) is 10.6. The molecule has 1 aliphatic carbocycles. The zero-order valence-electron chi connectivity index (χ0n) is 17.7. The molecule has 0 spiro atoms. The van der Waals surface area contributed by atoms with Crippen LogP contribution >= 0.6 is 0 Å². The third kappa shape index (κ3) is 4.05. The number of rotatable bonds is 4. The Bertz CT molecular complexity index is 1200. The quantitative estimate of drug-likeness (QED) is 0.639. The van der Waals surface area contributed by atoms with Crippen molar-refractivity contribution in [3.05, 3.63) is 42.4 Å². The molecule has 1 aliphatic heterocycles. The minimum atomic E-state index is -2.12. The standard InChI is InChI=1S/C22H28N6OS/c1-15-10-18(26-30(2,3)29)14-27(12-15)21-8-9-23-22(25-21)19-11-24-20-7-6-17(13-28(19)20)16-4-5-16/h6-9,11,13,15-16,18H,4-5,10,12,14H2,1-3H3/t15-,18+/m1/s1. The lowest BCUT2D eigenvalue weighted by Crippen LogP contribution is -2.42. The lowest BCUT2D eigenvalue weighted by Gasteiger charge is -2.35. The van der Waals surface area contributed by atoms with Gasteiger partial charge in [0.15, 0.2) is 5.82 Å². The maximum Gasteiger partial charge on any atom is 0.180 e. The number of anilines is 1. The van der Waals surface area contributed by atoms with E-state index in [1.807, 2.05) is 18.5 Å². The Morgan fingerprint density at radius 3 is 2.73 bits per heavy atom. The molecule has 1 saturated carbocycles. The third-order valence-corrected chi connectivity index (χ3v) is 6.62. The lowest BCUT2D eigenvalue weighted by atomic mass is 9.97. The van der Waals surface area contributed by atoms with E-state index >= 15 is 0 Å². The summed E-state index contributed by atoms with van der Waals surface area (Å²) < 4.78 is 18.9. The number of fused-ring (bicyclic) bond motifs is 1. The highest BCUT2D eigenvalue weighted by Gasteiger charge is 2.27. The monoisotopic (exact) mass is 424 g/mol. The van der Waals surface area contributed by atoms with E-state index in [4.69, 9.17) is 4.98 Å². The van der Waals surface area contributed by atoms with Crippen LogP contribution in [0.15, 0.2) is 41.2 Å². The molecule has 0 aromatic carbocycles. The lowest BCUT2D eigenvalue weighted by molar-refractivity contribution is 0.402. The van der Waals surface area contributed by atoms with Crippen LogP contribution in [-0.2, 0) is 9.73 Å². The molecule has 0 unspecified atom stereocenters. The number of piperidine rings is 1. The molecule has 2 fully saturated rings. The van der Waals surface area contributed by atoms with E-state index in [1.165, 1.54) is 18.4 Å².